The molecule has 1 unspecified atom stereocenters. The zero-order valence-electron chi connectivity index (χ0n) is 21.0. The summed E-state index contributed by atoms with van der Waals surface area (Å²) in [5.41, 5.74) is 11.0. The summed E-state index contributed by atoms with van der Waals surface area (Å²) in [6.45, 7) is 0.389. The lowest BCUT2D eigenvalue weighted by atomic mass is 10.0. The van der Waals surface area contributed by atoms with Gasteiger partial charge in [-0.05, 0) is 43.2 Å². The molecule has 1 aliphatic heterocycles. The van der Waals surface area contributed by atoms with E-state index < -0.39 is 0 Å². The number of rotatable bonds is 3. The number of benzene rings is 2. The predicted molar refractivity (Wildman–Crippen MR) is 144 cm³/mol. The highest BCUT2D eigenvalue weighted by atomic mass is 16.5. The van der Waals surface area contributed by atoms with E-state index in [1.165, 1.54) is 12.8 Å². The van der Waals surface area contributed by atoms with Crippen molar-refractivity contribution >= 4 is 33.5 Å². The Morgan fingerprint density at radius 3 is 2.76 bits per heavy atom. The van der Waals surface area contributed by atoms with Crippen LogP contribution in [0.3, 0.4) is 0 Å². The lowest BCUT2D eigenvalue weighted by Gasteiger charge is -2.24. The Bertz CT molecular complexity index is 1820. The van der Waals surface area contributed by atoms with E-state index in [-0.39, 0.29) is 11.9 Å². The van der Waals surface area contributed by atoms with Gasteiger partial charge in [0.1, 0.15) is 18.2 Å². The molecule has 5 aromatic rings. The average Bonchev–Trinajstić information content (AvgIpc) is 3.32. The molecule has 2 aliphatic rings. The molecule has 4 heterocycles. The van der Waals surface area contributed by atoms with E-state index >= 15 is 0 Å². The third-order valence-corrected chi connectivity index (χ3v) is 7.39. The Labute approximate surface area is 218 Å². The van der Waals surface area contributed by atoms with Crippen LogP contribution in [0.25, 0.3) is 21.8 Å². The van der Waals surface area contributed by atoms with E-state index in [0.29, 0.717) is 24.0 Å². The van der Waals surface area contributed by atoms with E-state index in [1.54, 1.807) is 21.8 Å². The van der Waals surface area contributed by atoms with Crippen LogP contribution < -0.4 is 10.5 Å². The molecule has 188 valence electrons. The van der Waals surface area contributed by atoms with Gasteiger partial charge in [-0.3, -0.25) is 14.2 Å². The molecule has 38 heavy (non-hydrogen) atoms. The number of hydrogen-bond donors (Lipinski definition) is 1. The highest BCUT2D eigenvalue weighted by Gasteiger charge is 2.31. The number of ether oxygens (including phenoxy) is 1. The van der Waals surface area contributed by atoms with Crippen molar-refractivity contribution in [1.82, 2.24) is 29.4 Å². The van der Waals surface area contributed by atoms with E-state index in [2.05, 4.69) is 27.0 Å². The first-order valence-corrected chi connectivity index (χ1v) is 12.6. The summed E-state index contributed by atoms with van der Waals surface area (Å²) in [5, 5.41) is 10.3. The van der Waals surface area contributed by atoms with Crippen LogP contribution in [0.4, 0.5) is 5.82 Å². The van der Waals surface area contributed by atoms with Gasteiger partial charge < -0.3 is 15.4 Å². The van der Waals surface area contributed by atoms with Gasteiger partial charge in [-0.2, -0.15) is 10.2 Å². The molecule has 1 amide bonds. The first-order valence-electron chi connectivity index (χ1n) is 12.6. The van der Waals surface area contributed by atoms with Crippen LogP contribution >= 0.6 is 0 Å². The topological polar surface area (TPSA) is 104 Å². The first kappa shape index (κ1) is 22.4. The van der Waals surface area contributed by atoms with E-state index in [0.717, 1.165) is 44.2 Å². The van der Waals surface area contributed by atoms with Crippen molar-refractivity contribution in [3.63, 3.8) is 0 Å². The largest absolute Gasteiger partial charge is 0.491 e. The minimum atomic E-state index is -0.201. The Morgan fingerprint density at radius 2 is 1.92 bits per heavy atom. The standard InChI is InChI=1S/C29H25N7O2/c1-34(29(37)19-6-10-24-22(12-19)27-23(28(30)33-24)14-31-35(27)2)25-16-38-26-11-17(5-9-21(25)26)3-4-18-13-32-36(15-18)20-7-8-20/h5-6,9-15,20,25H,7-8,16H2,1-2H3,(H2,30,33). The van der Waals surface area contributed by atoms with Crippen molar-refractivity contribution < 1.29 is 9.53 Å². The number of carbonyl (C=O) groups is 1. The molecule has 0 saturated heterocycles. The molecule has 1 atom stereocenters. The Hall–Kier alpha value is -4.84. The van der Waals surface area contributed by atoms with Crippen LogP contribution in [0.1, 0.15) is 52.0 Å². The molecule has 3 aromatic heterocycles. The molecular formula is C29H25N7O2. The summed E-state index contributed by atoms with van der Waals surface area (Å²) in [7, 11) is 3.66. The van der Waals surface area contributed by atoms with Crippen molar-refractivity contribution in [3.05, 3.63) is 77.2 Å². The number of amides is 1. The summed E-state index contributed by atoms with van der Waals surface area (Å²) in [4.78, 5) is 19.8. The average molecular weight is 504 g/mol. The lowest BCUT2D eigenvalue weighted by molar-refractivity contribution is 0.0708. The smallest absolute Gasteiger partial charge is 0.254 e. The first-order chi connectivity index (χ1) is 18.5. The number of likely N-dealkylation sites (N-methyl/N-ethyl adjacent to an activating group) is 1. The van der Waals surface area contributed by atoms with Crippen LogP contribution in [0.5, 0.6) is 5.75 Å². The van der Waals surface area contributed by atoms with Gasteiger partial charge in [0.05, 0.1) is 46.5 Å². The van der Waals surface area contributed by atoms with Gasteiger partial charge in [0, 0.05) is 42.4 Å². The summed E-state index contributed by atoms with van der Waals surface area (Å²) in [6, 6.07) is 11.7. The van der Waals surface area contributed by atoms with E-state index in [9.17, 15) is 4.79 Å². The number of nitrogens with zero attached hydrogens (tertiary/aromatic N) is 6. The van der Waals surface area contributed by atoms with E-state index in [1.807, 2.05) is 61.5 Å². The molecule has 2 aromatic carbocycles. The van der Waals surface area contributed by atoms with Gasteiger partial charge in [0.25, 0.3) is 5.91 Å². The maximum Gasteiger partial charge on any atom is 0.254 e. The van der Waals surface area contributed by atoms with Crippen LogP contribution in [-0.2, 0) is 7.05 Å². The van der Waals surface area contributed by atoms with E-state index in [4.69, 9.17) is 10.5 Å². The summed E-state index contributed by atoms with van der Waals surface area (Å²) in [6.07, 6.45) is 7.89. The predicted octanol–water partition coefficient (Wildman–Crippen LogP) is 3.84. The van der Waals surface area contributed by atoms with Crippen molar-refractivity contribution in [2.45, 2.75) is 24.9 Å². The van der Waals surface area contributed by atoms with Crippen molar-refractivity contribution in [2.24, 2.45) is 7.05 Å². The molecule has 1 fully saturated rings. The zero-order chi connectivity index (χ0) is 26.0. The van der Waals surface area contributed by atoms with Crippen LogP contribution in [0.15, 0.2) is 55.0 Å². The number of hydrogen-bond acceptors (Lipinski definition) is 6. The maximum absolute atomic E-state index is 13.6. The van der Waals surface area contributed by atoms with Crippen LogP contribution in [0.2, 0.25) is 0 Å². The van der Waals surface area contributed by atoms with Gasteiger partial charge in [0.2, 0.25) is 0 Å². The third-order valence-electron chi connectivity index (χ3n) is 7.39. The number of carbonyl (C=O) groups excluding carboxylic acids is 1. The monoisotopic (exact) mass is 503 g/mol. The number of aryl methyl sites for hydroxylation is 1. The number of anilines is 1. The fourth-order valence-corrected chi connectivity index (χ4v) is 5.11. The molecule has 9 heteroatoms. The minimum Gasteiger partial charge on any atom is -0.491 e. The second kappa shape index (κ2) is 8.35. The highest BCUT2D eigenvalue weighted by molar-refractivity contribution is 6.10. The summed E-state index contributed by atoms with van der Waals surface area (Å²) in [5.74, 6) is 7.48. The molecule has 1 saturated carbocycles. The number of nitrogen functional groups attached to an aromatic ring is 1. The highest BCUT2D eigenvalue weighted by Crippen LogP contribution is 2.37. The van der Waals surface area contributed by atoms with Gasteiger partial charge in [0.15, 0.2) is 0 Å². The lowest BCUT2D eigenvalue weighted by Crippen LogP contribution is -2.32. The van der Waals surface area contributed by atoms with Crippen LogP contribution in [0, 0.1) is 11.8 Å². The molecule has 0 spiro atoms. The van der Waals surface area contributed by atoms with Crippen molar-refractivity contribution in [3.8, 4) is 17.6 Å². The second-order valence-corrected chi connectivity index (χ2v) is 9.95. The molecular weight excluding hydrogens is 478 g/mol. The quantitative estimate of drug-likeness (QED) is 0.375. The van der Waals surface area contributed by atoms with Crippen LogP contribution in [-0.4, -0.2) is 49.0 Å². The Kier molecular flexibility index (Phi) is 4.91. The number of pyridine rings is 1. The Morgan fingerprint density at radius 1 is 1.08 bits per heavy atom. The molecule has 9 nitrogen and oxygen atoms in total. The fourth-order valence-electron chi connectivity index (χ4n) is 5.11. The maximum atomic E-state index is 13.6. The molecule has 1 aliphatic carbocycles. The zero-order valence-corrected chi connectivity index (χ0v) is 21.0. The normalized spacial score (nSPS) is 16.2. The van der Waals surface area contributed by atoms with Gasteiger partial charge in [-0.25, -0.2) is 4.98 Å². The minimum absolute atomic E-state index is 0.1000. The molecule has 0 radical (unpaired) electrons. The van der Waals surface area contributed by atoms with Gasteiger partial charge >= 0.3 is 0 Å². The molecule has 0 bridgehead atoms. The SMILES string of the molecule is CN(C(=O)c1ccc2nc(N)c3cnn(C)c3c2c1)C1COc2cc(C#Cc3cnn(C4CC4)c3)ccc21. The second-order valence-electron chi connectivity index (χ2n) is 9.95. The number of fused-ring (bicyclic) bond motifs is 4. The van der Waals surface area contributed by atoms with Crippen molar-refractivity contribution in [1.29, 1.82) is 0 Å². The number of nitrogens with two attached hydrogens (primary N) is 1. The Balaban J connectivity index is 1.14. The van der Waals surface area contributed by atoms with Gasteiger partial charge in [-0.15, -0.1) is 0 Å². The third kappa shape index (κ3) is 3.65. The molecule has 2 N–H and O–H groups in total. The molecule has 7 rings (SSSR count). The summed E-state index contributed by atoms with van der Waals surface area (Å²) < 4.78 is 9.74. The number of aromatic nitrogens is 5. The fraction of sp³-hybridized carbons (Fsp3) is 0.241. The van der Waals surface area contributed by atoms with Gasteiger partial charge in [-0.1, -0.05) is 17.9 Å². The summed E-state index contributed by atoms with van der Waals surface area (Å²) >= 11 is 0. The van der Waals surface area contributed by atoms with Crippen molar-refractivity contribution in [2.75, 3.05) is 19.4 Å².